The van der Waals surface area contributed by atoms with Crippen molar-refractivity contribution >= 4 is 53.1 Å². The van der Waals surface area contributed by atoms with Crippen LogP contribution in [0.5, 0.6) is 0 Å². The van der Waals surface area contributed by atoms with E-state index in [0.717, 1.165) is 17.5 Å². The minimum absolute atomic E-state index is 0.0131. The maximum Gasteiger partial charge on any atom is 0.163 e. The van der Waals surface area contributed by atoms with Crippen LogP contribution in [0.1, 0.15) is 26.3 Å². The number of aromatic nitrogens is 3. The molecule has 0 amide bonds. The van der Waals surface area contributed by atoms with Gasteiger partial charge in [0.2, 0.25) is 0 Å². The van der Waals surface area contributed by atoms with Gasteiger partial charge in [-0.1, -0.05) is 11.6 Å². The molecule has 25 heavy (non-hydrogen) atoms. The summed E-state index contributed by atoms with van der Waals surface area (Å²) in [5.74, 6) is -0.132. The highest BCUT2D eigenvalue weighted by atomic mass is 127. The summed E-state index contributed by atoms with van der Waals surface area (Å²) in [7, 11) is 1.38. The molecule has 5 rings (SSSR count). The van der Waals surface area contributed by atoms with Gasteiger partial charge in [0.25, 0.3) is 0 Å². The molecule has 0 unspecified atom stereocenters. The maximum absolute atomic E-state index is 6.31. The SMILES string of the molecule is CC1(C)O[C@H]2[C@H](n3ccc4c(Cl)ncnc43)[C@H]3C[C@]3(COSI)[C@H]2O1. The molecule has 0 aromatic carbocycles. The van der Waals surface area contributed by atoms with Crippen molar-refractivity contribution in [2.75, 3.05) is 6.61 Å². The second-order valence-corrected chi connectivity index (χ2v) is 9.30. The van der Waals surface area contributed by atoms with Gasteiger partial charge >= 0.3 is 0 Å². The first-order chi connectivity index (χ1) is 12.0. The summed E-state index contributed by atoms with van der Waals surface area (Å²) in [4.78, 5) is 8.55. The zero-order valence-corrected chi connectivity index (χ0v) is 17.4. The molecule has 6 nitrogen and oxygen atoms in total. The van der Waals surface area contributed by atoms with Crippen molar-refractivity contribution in [3.8, 4) is 0 Å². The van der Waals surface area contributed by atoms with E-state index in [1.807, 2.05) is 26.1 Å². The molecule has 2 saturated carbocycles. The molecule has 134 valence electrons. The summed E-state index contributed by atoms with van der Waals surface area (Å²) < 4.78 is 20.5. The van der Waals surface area contributed by atoms with Gasteiger partial charge in [-0.2, -0.15) is 0 Å². The Morgan fingerprint density at radius 3 is 3.08 bits per heavy atom. The molecule has 2 aliphatic carbocycles. The highest BCUT2D eigenvalue weighted by molar-refractivity contribution is 14.2. The molecule has 3 heterocycles. The lowest BCUT2D eigenvalue weighted by Crippen LogP contribution is -2.33. The van der Waals surface area contributed by atoms with Gasteiger partial charge in [0.1, 0.15) is 23.2 Å². The minimum Gasteiger partial charge on any atom is -0.344 e. The summed E-state index contributed by atoms with van der Waals surface area (Å²) in [6.07, 6.45) is 4.66. The first-order valence-electron chi connectivity index (χ1n) is 8.20. The Morgan fingerprint density at radius 1 is 1.44 bits per heavy atom. The fraction of sp³-hybridized carbons (Fsp3) is 0.625. The van der Waals surface area contributed by atoms with Crippen LogP contribution in [-0.2, 0) is 13.7 Å². The van der Waals surface area contributed by atoms with Crippen LogP contribution in [0.25, 0.3) is 11.0 Å². The Bertz CT molecular complexity index is 849. The molecule has 3 aliphatic rings. The topological polar surface area (TPSA) is 58.4 Å². The zero-order chi connectivity index (χ0) is 17.4. The van der Waals surface area contributed by atoms with Crippen molar-refractivity contribution < 1.29 is 13.7 Å². The van der Waals surface area contributed by atoms with Gasteiger partial charge in [0.05, 0.1) is 33.4 Å². The molecule has 0 radical (unpaired) electrons. The third kappa shape index (κ3) is 2.41. The third-order valence-corrected chi connectivity index (χ3v) is 7.05. The number of hydrogen-bond acceptors (Lipinski definition) is 6. The van der Waals surface area contributed by atoms with Gasteiger partial charge in [0, 0.05) is 32.8 Å². The molecule has 3 fully saturated rings. The van der Waals surface area contributed by atoms with Crippen molar-refractivity contribution in [2.24, 2.45) is 11.3 Å². The number of fused-ring (bicyclic) bond motifs is 4. The van der Waals surface area contributed by atoms with Crippen LogP contribution in [0.15, 0.2) is 18.6 Å². The van der Waals surface area contributed by atoms with E-state index >= 15 is 0 Å². The number of nitrogens with zero attached hydrogens (tertiary/aromatic N) is 3. The van der Waals surface area contributed by atoms with Crippen LogP contribution in [0, 0.1) is 11.3 Å². The van der Waals surface area contributed by atoms with Crippen molar-refractivity contribution in [3.05, 3.63) is 23.7 Å². The zero-order valence-electron chi connectivity index (χ0n) is 13.7. The number of ether oxygens (including phenoxy) is 2. The van der Waals surface area contributed by atoms with E-state index in [4.69, 9.17) is 25.3 Å². The molecule has 0 N–H and O–H groups in total. The summed E-state index contributed by atoms with van der Waals surface area (Å²) in [6, 6.07) is 2.14. The van der Waals surface area contributed by atoms with Gasteiger partial charge in [-0.05, 0) is 32.3 Å². The van der Waals surface area contributed by atoms with Gasteiger partial charge in [-0.25, -0.2) is 9.97 Å². The van der Waals surface area contributed by atoms with E-state index in [1.54, 1.807) is 0 Å². The summed E-state index contributed by atoms with van der Waals surface area (Å²) in [5, 5.41) is 1.35. The maximum atomic E-state index is 6.31. The van der Waals surface area contributed by atoms with Gasteiger partial charge < -0.3 is 18.2 Å². The second kappa shape index (κ2) is 5.68. The van der Waals surface area contributed by atoms with Crippen molar-refractivity contribution in [1.82, 2.24) is 14.5 Å². The fourth-order valence-corrected chi connectivity index (χ4v) is 5.60. The van der Waals surface area contributed by atoms with E-state index in [1.165, 1.54) is 15.5 Å². The Morgan fingerprint density at radius 2 is 2.28 bits per heavy atom. The van der Waals surface area contributed by atoms with E-state index in [0.29, 0.717) is 17.7 Å². The number of hydrogen-bond donors (Lipinski definition) is 0. The Labute approximate surface area is 166 Å². The lowest BCUT2D eigenvalue weighted by atomic mass is 10.0. The summed E-state index contributed by atoms with van der Waals surface area (Å²) >= 11 is 8.39. The number of halogens is 2. The Kier molecular flexibility index (Phi) is 3.86. The van der Waals surface area contributed by atoms with Crippen LogP contribution in [0.4, 0.5) is 0 Å². The largest absolute Gasteiger partial charge is 0.344 e. The average Bonchev–Trinajstić information content (AvgIpc) is 2.84. The van der Waals surface area contributed by atoms with Crippen molar-refractivity contribution in [2.45, 2.75) is 44.3 Å². The van der Waals surface area contributed by atoms with Crippen LogP contribution in [0.2, 0.25) is 5.15 Å². The normalized spacial score (nSPS) is 38.1. The summed E-state index contributed by atoms with van der Waals surface area (Å²) in [6.45, 7) is 4.64. The highest BCUT2D eigenvalue weighted by Crippen LogP contribution is 2.71. The molecular weight excluding hydrogens is 477 g/mol. The van der Waals surface area contributed by atoms with Crippen LogP contribution < -0.4 is 0 Å². The molecular formula is C16H17ClIN3O3S. The molecule has 1 saturated heterocycles. The lowest BCUT2D eigenvalue weighted by Gasteiger charge is -2.24. The van der Waals surface area contributed by atoms with Crippen LogP contribution in [0.3, 0.4) is 0 Å². The molecule has 0 spiro atoms. The third-order valence-electron chi connectivity index (χ3n) is 5.78. The van der Waals surface area contributed by atoms with Gasteiger partial charge in [-0.3, -0.25) is 0 Å². The van der Waals surface area contributed by atoms with Crippen molar-refractivity contribution in [1.29, 1.82) is 0 Å². The van der Waals surface area contributed by atoms with Crippen molar-refractivity contribution in [3.63, 3.8) is 0 Å². The fourth-order valence-electron chi connectivity index (χ4n) is 4.76. The standard InChI is InChI=1S/C16H17ClIN3O3S/c1-15(2)23-11-10(9-5-16(9,6-22-25-18)12(11)24-15)21-4-3-8-13(17)19-7-20-14(8)21/h3-4,7,9-12H,5-6H2,1-2H3/t9-,10-,11+,12+,16-/m1/s1. The number of rotatable bonds is 4. The van der Waals surface area contributed by atoms with E-state index in [2.05, 4.69) is 35.7 Å². The minimum atomic E-state index is -0.582. The van der Waals surface area contributed by atoms with Gasteiger partial charge in [-0.15, -0.1) is 0 Å². The molecule has 5 atom stereocenters. The van der Waals surface area contributed by atoms with E-state index < -0.39 is 5.79 Å². The van der Waals surface area contributed by atoms with Crippen LogP contribution in [-0.4, -0.2) is 39.1 Å². The average molecular weight is 494 g/mol. The molecule has 2 aromatic heterocycles. The predicted molar refractivity (Wildman–Crippen MR) is 104 cm³/mol. The first kappa shape index (κ1) is 17.0. The first-order valence-corrected chi connectivity index (χ1v) is 11.9. The van der Waals surface area contributed by atoms with Gasteiger partial charge in [0.15, 0.2) is 5.79 Å². The summed E-state index contributed by atoms with van der Waals surface area (Å²) in [5.41, 5.74) is 0.873. The molecule has 0 bridgehead atoms. The predicted octanol–water partition coefficient (Wildman–Crippen LogP) is 4.18. The molecule has 1 aliphatic heterocycles. The molecule has 9 heteroatoms. The highest BCUT2D eigenvalue weighted by Gasteiger charge is 2.76. The monoisotopic (exact) mass is 493 g/mol. The Hall–Kier alpha value is -0.130. The Balaban J connectivity index is 1.58. The quantitative estimate of drug-likeness (QED) is 0.362. The van der Waals surface area contributed by atoms with E-state index in [9.17, 15) is 0 Å². The second-order valence-electron chi connectivity index (χ2n) is 7.51. The van der Waals surface area contributed by atoms with Crippen LogP contribution >= 0.6 is 42.0 Å². The molecule has 2 aromatic rings. The lowest BCUT2D eigenvalue weighted by molar-refractivity contribution is -0.162. The smallest absolute Gasteiger partial charge is 0.163 e. The van der Waals surface area contributed by atoms with E-state index in [-0.39, 0.29) is 23.7 Å².